The molecule has 0 amide bonds. The van der Waals surface area contributed by atoms with E-state index >= 15 is 0 Å². The second kappa shape index (κ2) is 14.6. The molecule has 0 aliphatic heterocycles. The van der Waals surface area contributed by atoms with E-state index in [1.54, 1.807) is 0 Å². The van der Waals surface area contributed by atoms with E-state index in [1.807, 2.05) is 0 Å². The highest BCUT2D eigenvalue weighted by molar-refractivity contribution is 6.22. The first-order valence-electron chi connectivity index (χ1n) is 22.0. The van der Waals surface area contributed by atoms with Crippen LogP contribution in [-0.4, -0.2) is 0 Å². The number of rotatable bonds is 6. The van der Waals surface area contributed by atoms with E-state index in [9.17, 15) is 0 Å². The largest absolute Gasteiger partial charge is 0.454 e. The highest BCUT2D eigenvalue weighted by atomic mass is 16.3. The lowest BCUT2D eigenvalue weighted by Crippen LogP contribution is -2.12. The average molecular weight is 814 g/mol. The Balaban J connectivity index is 1.14. The number of benzene rings is 12. The van der Waals surface area contributed by atoms with Crippen molar-refractivity contribution in [2.24, 2.45) is 0 Å². The van der Waals surface area contributed by atoms with Crippen molar-refractivity contribution in [3.05, 3.63) is 237 Å². The van der Waals surface area contributed by atoms with E-state index in [2.05, 4.69) is 241 Å². The zero-order chi connectivity index (χ0) is 42.1. The van der Waals surface area contributed by atoms with E-state index in [0.717, 1.165) is 66.3 Å². The summed E-state index contributed by atoms with van der Waals surface area (Å²) in [6.07, 6.45) is 0. The summed E-state index contributed by atoms with van der Waals surface area (Å²) in [6, 6.07) is 86.2. The van der Waals surface area contributed by atoms with Gasteiger partial charge in [0.1, 0.15) is 5.58 Å². The molecule has 0 atom stereocenters. The number of anilines is 3. The predicted molar refractivity (Wildman–Crippen MR) is 272 cm³/mol. The van der Waals surface area contributed by atoms with Gasteiger partial charge in [-0.05, 0) is 119 Å². The van der Waals surface area contributed by atoms with Crippen molar-refractivity contribution in [2.45, 2.75) is 0 Å². The minimum atomic E-state index is 0.855. The molecule has 1 heterocycles. The molecule has 64 heavy (non-hydrogen) atoms. The van der Waals surface area contributed by atoms with Gasteiger partial charge in [-0.15, -0.1) is 0 Å². The van der Waals surface area contributed by atoms with Crippen LogP contribution in [0.4, 0.5) is 17.1 Å². The second-order valence-corrected chi connectivity index (χ2v) is 16.8. The van der Waals surface area contributed by atoms with Gasteiger partial charge >= 0.3 is 0 Å². The number of hydrogen-bond acceptors (Lipinski definition) is 2. The summed E-state index contributed by atoms with van der Waals surface area (Å²) >= 11 is 0. The molecule has 0 radical (unpaired) electrons. The molecule has 2 nitrogen and oxygen atoms in total. The van der Waals surface area contributed by atoms with Gasteiger partial charge in [-0.2, -0.15) is 0 Å². The topological polar surface area (TPSA) is 16.4 Å². The summed E-state index contributed by atoms with van der Waals surface area (Å²) in [5, 5.41) is 14.2. The zero-order valence-electron chi connectivity index (χ0n) is 34.9. The number of nitrogens with zero attached hydrogens (tertiary/aromatic N) is 1. The van der Waals surface area contributed by atoms with Crippen LogP contribution in [0.1, 0.15) is 0 Å². The molecule has 0 saturated heterocycles. The average Bonchev–Trinajstić information content (AvgIpc) is 3.74. The lowest BCUT2D eigenvalue weighted by Gasteiger charge is -2.29. The van der Waals surface area contributed by atoms with E-state index in [4.69, 9.17) is 4.42 Å². The smallest absolute Gasteiger partial charge is 0.160 e. The first-order valence-corrected chi connectivity index (χ1v) is 22.0. The van der Waals surface area contributed by atoms with Crippen LogP contribution in [-0.2, 0) is 0 Å². The molecule has 1 aromatic heterocycles. The molecule has 0 fully saturated rings. The molecule has 2 heteroatoms. The molecular formula is C62H39NO. The van der Waals surface area contributed by atoms with Crippen molar-refractivity contribution in [2.75, 3.05) is 4.90 Å². The Morgan fingerprint density at radius 2 is 0.906 bits per heavy atom. The SMILES string of the molecule is c1ccc(-c2ccc(N(c3cccc4c(-c5cc6ccccc6c6ccccc56)cccc34)c3c4ccccc4cc4c3oc3ccccc34)cc2-c2ccc3ccccc3c2)cc1. The van der Waals surface area contributed by atoms with Gasteiger partial charge in [-0.1, -0.05) is 194 Å². The molecule has 0 aliphatic rings. The van der Waals surface area contributed by atoms with Crippen LogP contribution in [0.25, 0.3) is 109 Å². The number of furan rings is 1. The van der Waals surface area contributed by atoms with Crippen LogP contribution in [0.15, 0.2) is 241 Å². The van der Waals surface area contributed by atoms with Crippen LogP contribution in [0.2, 0.25) is 0 Å². The molecule has 13 aromatic rings. The van der Waals surface area contributed by atoms with Crippen molar-refractivity contribution >= 4 is 92.9 Å². The molecule has 0 saturated carbocycles. The molecule has 0 bridgehead atoms. The van der Waals surface area contributed by atoms with Crippen molar-refractivity contribution in [3.8, 4) is 33.4 Å². The van der Waals surface area contributed by atoms with Crippen molar-refractivity contribution in [3.63, 3.8) is 0 Å². The fourth-order valence-electron chi connectivity index (χ4n) is 10.2. The number of hydrogen-bond donors (Lipinski definition) is 0. The fourth-order valence-corrected chi connectivity index (χ4v) is 10.2. The maximum Gasteiger partial charge on any atom is 0.160 e. The van der Waals surface area contributed by atoms with Crippen LogP contribution in [0.3, 0.4) is 0 Å². The quantitative estimate of drug-likeness (QED) is 0.156. The Kier molecular flexibility index (Phi) is 8.25. The standard InChI is InChI=1S/C62H39NO/c1-2-17-41(18-3-1)48-35-34-46(39-56(48)45-33-32-40-16-4-5-19-42(40)36-45)63(61-49-23-9-7-21-44(49)38-58-55-26-12-13-31-60(55)64-62(58)61)59-30-15-28-51-53(27-14-29-54(51)59)57-37-43-20-6-8-22-47(43)50-24-10-11-25-52(50)57/h1-39H. The molecule has 0 unspecified atom stereocenters. The van der Waals surface area contributed by atoms with Gasteiger partial charge in [0.15, 0.2) is 5.58 Å². The molecule has 0 aliphatic carbocycles. The van der Waals surface area contributed by atoms with Gasteiger partial charge in [0.05, 0.1) is 11.4 Å². The fraction of sp³-hybridized carbons (Fsp3) is 0. The third kappa shape index (κ3) is 5.73. The van der Waals surface area contributed by atoms with Gasteiger partial charge < -0.3 is 9.32 Å². The van der Waals surface area contributed by atoms with Gasteiger partial charge in [-0.25, -0.2) is 0 Å². The summed E-state index contributed by atoms with van der Waals surface area (Å²) in [5.74, 6) is 0. The van der Waals surface area contributed by atoms with Crippen molar-refractivity contribution in [1.82, 2.24) is 0 Å². The normalized spacial score (nSPS) is 11.8. The second-order valence-electron chi connectivity index (χ2n) is 16.8. The number of fused-ring (bicyclic) bond motifs is 9. The molecular weight excluding hydrogens is 775 g/mol. The minimum absolute atomic E-state index is 0.855. The van der Waals surface area contributed by atoms with Crippen molar-refractivity contribution in [1.29, 1.82) is 0 Å². The van der Waals surface area contributed by atoms with Gasteiger partial charge in [-0.3, -0.25) is 0 Å². The monoisotopic (exact) mass is 813 g/mol. The van der Waals surface area contributed by atoms with E-state index in [0.29, 0.717) is 0 Å². The Hall–Kier alpha value is -8.46. The maximum absolute atomic E-state index is 7.02. The Bertz CT molecular complexity index is 3970. The predicted octanol–water partition coefficient (Wildman–Crippen LogP) is 17.8. The Morgan fingerprint density at radius 3 is 1.75 bits per heavy atom. The first-order chi connectivity index (χ1) is 31.7. The molecule has 12 aromatic carbocycles. The highest BCUT2D eigenvalue weighted by Crippen LogP contribution is 2.50. The summed E-state index contributed by atoms with van der Waals surface area (Å²) in [4.78, 5) is 2.47. The van der Waals surface area contributed by atoms with Crippen LogP contribution in [0, 0.1) is 0 Å². The number of para-hydroxylation sites is 1. The lowest BCUT2D eigenvalue weighted by molar-refractivity contribution is 0.669. The third-order valence-corrected chi connectivity index (χ3v) is 13.2. The molecule has 298 valence electrons. The van der Waals surface area contributed by atoms with Gasteiger partial charge in [0, 0.05) is 27.2 Å². The zero-order valence-corrected chi connectivity index (χ0v) is 34.9. The van der Waals surface area contributed by atoms with E-state index in [1.165, 1.54) is 60.0 Å². The van der Waals surface area contributed by atoms with E-state index < -0.39 is 0 Å². The summed E-state index contributed by atoms with van der Waals surface area (Å²) in [6.45, 7) is 0. The lowest BCUT2D eigenvalue weighted by atomic mass is 9.90. The summed E-state index contributed by atoms with van der Waals surface area (Å²) < 4.78 is 7.02. The van der Waals surface area contributed by atoms with E-state index in [-0.39, 0.29) is 0 Å². The highest BCUT2D eigenvalue weighted by Gasteiger charge is 2.26. The maximum atomic E-state index is 7.02. The summed E-state index contributed by atoms with van der Waals surface area (Å²) in [7, 11) is 0. The van der Waals surface area contributed by atoms with Gasteiger partial charge in [0.25, 0.3) is 0 Å². The van der Waals surface area contributed by atoms with Crippen LogP contribution in [0.5, 0.6) is 0 Å². The van der Waals surface area contributed by atoms with Crippen molar-refractivity contribution < 1.29 is 4.42 Å². The molecule has 0 spiro atoms. The molecule has 13 rings (SSSR count). The Morgan fingerprint density at radius 1 is 0.281 bits per heavy atom. The summed E-state index contributed by atoms with van der Waals surface area (Å²) in [5.41, 5.74) is 11.9. The minimum Gasteiger partial charge on any atom is -0.454 e. The third-order valence-electron chi connectivity index (χ3n) is 13.2. The van der Waals surface area contributed by atoms with Crippen LogP contribution < -0.4 is 4.90 Å². The van der Waals surface area contributed by atoms with Crippen LogP contribution >= 0.6 is 0 Å². The molecule has 0 N–H and O–H groups in total. The first kappa shape index (κ1) is 36.2. The Labute approximate surface area is 370 Å². The van der Waals surface area contributed by atoms with Gasteiger partial charge in [0.2, 0.25) is 0 Å².